The number of ether oxygens (including phenoxy) is 3. The fourth-order valence-electron chi connectivity index (χ4n) is 3.48. The van der Waals surface area contributed by atoms with Crippen molar-refractivity contribution in [2.45, 2.75) is 50.4 Å². The highest BCUT2D eigenvalue weighted by Crippen LogP contribution is 2.43. The van der Waals surface area contributed by atoms with Crippen molar-refractivity contribution in [3.05, 3.63) is 35.4 Å². The third-order valence-electron chi connectivity index (χ3n) is 4.94. The lowest BCUT2D eigenvalue weighted by molar-refractivity contribution is -0.206. The first kappa shape index (κ1) is 14.1. The van der Waals surface area contributed by atoms with Gasteiger partial charge < -0.3 is 14.2 Å². The largest absolute Gasteiger partial charge is 0.378 e. The van der Waals surface area contributed by atoms with Crippen molar-refractivity contribution < 1.29 is 14.2 Å². The Bertz CT molecular complexity index is 453. The van der Waals surface area contributed by atoms with E-state index in [1.807, 2.05) is 7.11 Å². The molecular formula is C17H24O3. The third-order valence-corrected chi connectivity index (χ3v) is 4.94. The highest BCUT2D eigenvalue weighted by atomic mass is 16.7. The zero-order valence-corrected chi connectivity index (χ0v) is 12.5. The van der Waals surface area contributed by atoms with E-state index < -0.39 is 0 Å². The van der Waals surface area contributed by atoms with E-state index in [0.717, 1.165) is 45.3 Å². The molecule has 110 valence electrons. The summed E-state index contributed by atoms with van der Waals surface area (Å²) in [5.41, 5.74) is 2.67. The van der Waals surface area contributed by atoms with Gasteiger partial charge in [0.25, 0.3) is 0 Å². The first-order chi connectivity index (χ1) is 9.67. The first-order valence-electron chi connectivity index (χ1n) is 7.55. The second-order valence-electron chi connectivity index (χ2n) is 6.10. The molecule has 1 aliphatic heterocycles. The molecule has 1 aliphatic carbocycles. The average Bonchev–Trinajstić information content (AvgIpc) is 2.93. The first-order valence-corrected chi connectivity index (χ1v) is 7.55. The maximum absolute atomic E-state index is 5.93. The smallest absolute Gasteiger partial charge is 0.168 e. The fourth-order valence-corrected chi connectivity index (χ4v) is 3.48. The van der Waals surface area contributed by atoms with Gasteiger partial charge in [-0.05, 0) is 30.9 Å². The fraction of sp³-hybridized carbons (Fsp3) is 0.647. The Morgan fingerprint density at radius 2 is 1.70 bits per heavy atom. The molecule has 1 saturated carbocycles. The van der Waals surface area contributed by atoms with E-state index in [4.69, 9.17) is 14.2 Å². The van der Waals surface area contributed by atoms with Gasteiger partial charge in [0.1, 0.15) is 0 Å². The molecule has 0 bridgehead atoms. The molecule has 1 spiro atoms. The molecule has 3 rings (SSSR count). The van der Waals surface area contributed by atoms with Crippen LogP contribution in [-0.2, 0) is 20.6 Å². The van der Waals surface area contributed by atoms with Crippen molar-refractivity contribution in [2.75, 3.05) is 20.3 Å². The third kappa shape index (κ3) is 2.62. The van der Waals surface area contributed by atoms with E-state index >= 15 is 0 Å². The van der Waals surface area contributed by atoms with Crippen LogP contribution in [0.4, 0.5) is 0 Å². The van der Waals surface area contributed by atoms with Crippen LogP contribution in [0.5, 0.6) is 0 Å². The van der Waals surface area contributed by atoms with E-state index in [0.29, 0.717) is 0 Å². The van der Waals surface area contributed by atoms with Gasteiger partial charge in [-0.2, -0.15) is 0 Å². The van der Waals surface area contributed by atoms with Crippen LogP contribution in [0.25, 0.3) is 0 Å². The van der Waals surface area contributed by atoms with Crippen molar-refractivity contribution in [2.24, 2.45) is 0 Å². The van der Waals surface area contributed by atoms with Gasteiger partial charge in [-0.3, -0.25) is 0 Å². The Balaban J connectivity index is 1.72. The summed E-state index contributed by atoms with van der Waals surface area (Å²) in [6, 6.07) is 8.59. The second-order valence-corrected chi connectivity index (χ2v) is 6.10. The highest BCUT2D eigenvalue weighted by Gasteiger charge is 2.46. The van der Waals surface area contributed by atoms with Gasteiger partial charge in [-0.1, -0.05) is 24.3 Å². The van der Waals surface area contributed by atoms with E-state index in [2.05, 4.69) is 31.2 Å². The number of hydrogen-bond donors (Lipinski definition) is 0. The van der Waals surface area contributed by atoms with Crippen LogP contribution in [0, 0.1) is 6.92 Å². The van der Waals surface area contributed by atoms with Gasteiger partial charge in [0.15, 0.2) is 5.79 Å². The lowest BCUT2D eigenvalue weighted by Crippen LogP contribution is -2.46. The molecule has 2 aliphatic rings. The number of benzene rings is 1. The van der Waals surface area contributed by atoms with Gasteiger partial charge in [0.2, 0.25) is 0 Å². The summed E-state index contributed by atoms with van der Waals surface area (Å²) in [6.07, 6.45) is 4.85. The molecule has 0 atom stereocenters. The van der Waals surface area contributed by atoms with Crippen LogP contribution in [0.15, 0.2) is 24.3 Å². The Kier molecular flexibility index (Phi) is 3.85. The summed E-state index contributed by atoms with van der Waals surface area (Å²) >= 11 is 0. The van der Waals surface area contributed by atoms with Crippen LogP contribution in [0.1, 0.15) is 36.8 Å². The lowest BCUT2D eigenvalue weighted by atomic mass is 9.77. The molecule has 0 aromatic heterocycles. The highest BCUT2D eigenvalue weighted by molar-refractivity contribution is 5.27. The quantitative estimate of drug-likeness (QED) is 0.848. The standard InChI is InChI=1S/C17H24O3/c1-14-5-3-4-6-15(14)13-16(18-2)7-9-17(10-8-16)19-11-12-20-17/h3-6H,7-13H2,1-2H3. The maximum Gasteiger partial charge on any atom is 0.168 e. The molecule has 0 unspecified atom stereocenters. The summed E-state index contributed by atoms with van der Waals surface area (Å²) in [6.45, 7) is 3.64. The van der Waals surface area contributed by atoms with Gasteiger partial charge >= 0.3 is 0 Å². The van der Waals surface area contributed by atoms with E-state index in [9.17, 15) is 0 Å². The van der Waals surface area contributed by atoms with Crippen molar-refractivity contribution in [3.63, 3.8) is 0 Å². The molecule has 0 radical (unpaired) electrons. The lowest BCUT2D eigenvalue weighted by Gasteiger charge is -2.43. The zero-order valence-electron chi connectivity index (χ0n) is 12.5. The average molecular weight is 276 g/mol. The van der Waals surface area contributed by atoms with Crippen LogP contribution in [-0.4, -0.2) is 31.7 Å². The number of hydrogen-bond acceptors (Lipinski definition) is 3. The summed E-state index contributed by atoms with van der Waals surface area (Å²) in [5.74, 6) is -0.312. The van der Waals surface area contributed by atoms with E-state index in [1.165, 1.54) is 11.1 Å². The van der Waals surface area contributed by atoms with Gasteiger partial charge in [0.05, 0.1) is 18.8 Å². The second kappa shape index (κ2) is 5.47. The molecule has 3 nitrogen and oxygen atoms in total. The molecule has 0 amide bonds. The van der Waals surface area contributed by atoms with Crippen molar-refractivity contribution >= 4 is 0 Å². The van der Waals surface area contributed by atoms with Crippen molar-refractivity contribution in [3.8, 4) is 0 Å². The Labute approximate surface area is 121 Å². The molecule has 1 aromatic rings. The molecule has 3 heteroatoms. The molecule has 1 heterocycles. The molecule has 1 aromatic carbocycles. The van der Waals surface area contributed by atoms with Crippen molar-refractivity contribution in [1.29, 1.82) is 0 Å². The predicted molar refractivity (Wildman–Crippen MR) is 77.7 cm³/mol. The predicted octanol–water partition coefficient (Wildman–Crippen LogP) is 3.24. The summed E-state index contributed by atoms with van der Waals surface area (Å²) in [5, 5.41) is 0. The van der Waals surface area contributed by atoms with Crippen LogP contribution in [0.3, 0.4) is 0 Å². The molecular weight excluding hydrogens is 252 g/mol. The Hall–Kier alpha value is -0.900. The molecule has 0 N–H and O–H groups in total. The molecule has 2 fully saturated rings. The summed E-state index contributed by atoms with van der Waals surface area (Å²) in [4.78, 5) is 0. The minimum Gasteiger partial charge on any atom is -0.378 e. The van der Waals surface area contributed by atoms with Crippen LogP contribution in [0.2, 0.25) is 0 Å². The normalized spacial score (nSPS) is 24.1. The Morgan fingerprint density at radius 3 is 2.30 bits per heavy atom. The van der Waals surface area contributed by atoms with E-state index in [1.54, 1.807) is 0 Å². The monoisotopic (exact) mass is 276 g/mol. The summed E-state index contributed by atoms with van der Waals surface area (Å²) < 4.78 is 17.6. The van der Waals surface area contributed by atoms with Gasteiger partial charge in [-0.15, -0.1) is 0 Å². The van der Waals surface area contributed by atoms with Gasteiger partial charge in [0, 0.05) is 26.4 Å². The van der Waals surface area contributed by atoms with Crippen LogP contribution < -0.4 is 0 Å². The minimum absolute atomic E-state index is 0.0628. The number of methoxy groups -OCH3 is 1. The SMILES string of the molecule is COC1(Cc2ccccc2C)CCC2(CC1)OCCO2. The molecule has 20 heavy (non-hydrogen) atoms. The topological polar surface area (TPSA) is 27.7 Å². The van der Waals surface area contributed by atoms with Crippen molar-refractivity contribution in [1.82, 2.24) is 0 Å². The van der Waals surface area contributed by atoms with Crippen LogP contribution >= 0.6 is 0 Å². The van der Waals surface area contributed by atoms with E-state index in [-0.39, 0.29) is 11.4 Å². The summed E-state index contributed by atoms with van der Waals surface area (Å²) in [7, 11) is 1.84. The Morgan fingerprint density at radius 1 is 1.05 bits per heavy atom. The number of rotatable bonds is 3. The maximum atomic E-state index is 5.93. The minimum atomic E-state index is -0.312. The molecule has 1 saturated heterocycles. The number of aryl methyl sites for hydroxylation is 1. The van der Waals surface area contributed by atoms with Gasteiger partial charge in [-0.25, -0.2) is 0 Å². The zero-order chi connectivity index (χ0) is 14.1.